The first-order valence-electron chi connectivity index (χ1n) is 8.88. The zero-order valence-corrected chi connectivity index (χ0v) is 16.0. The van der Waals surface area contributed by atoms with E-state index >= 15 is 0 Å². The Bertz CT molecular complexity index is 926. The molecule has 140 valence electrons. The SMILES string of the molecule is C[C@H](O)CN(C[C@@H](C)O)c1nc2nnnn2c2sc3c(c12)CC[NH+](C)C3. The number of anilines is 1. The molecule has 4 rings (SSSR count). The maximum absolute atomic E-state index is 9.97. The van der Waals surface area contributed by atoms with Crippen LogP contribution >= 0.6 is 11.3 Å². The second kappa shape index (κ2) is 6.69. The van der Waals surface area contributed by atoms with Crippen molar-refractivity contribution in [3.63, 3.8) is 0 Å². The molecule has 0 bridgehead atoms. The van der Waals surface area contributed by atoms with Gasteiger partial charge in [0.05, 0.1) is 36.1 Å². The minimum Gasteiger partial charge on any atom is -0.392 e. The smallest absolute Gasteiger partial charge is 0.276 e. The van der Waals surface area contributed by atoms with Crippen LogP contribution in [-0.2, 0) is 13.0 Å². The highest BCUT2D eigenvalue weighted by atomic mass is 32.1. The van der Waals surface area contributed by atoms with Gasteiger partial charge in [-0.15, -0.1) is 11.3 Å². The second-order valence-electron chi connectivity index (χ2n) is 7.25. The summed E-state index contributed by atoms with van der Waals surface area (Å²) in [7, 11) is 2.20. The first-order chi connectivity index (χ1) is 12.4. The zero-order valence-electron chi connectivity index (χ0n) is 15.2. The molecule has 1 unspecified atom stereocenters. The van der Waals surface area contributed by atoms with E-state index in [-0.39, 0.29) is 0 Å². The number of hydrogen-bond donors (Lipinski definition) is 3. The van der Waals surface area contributed by atoms with E-state index in [1.807, 2.05) is 4.90 Å². The van der Waals surface area contributed by atoms with Crippen LogP contribution in [-0.4, -0.2) is 74.1 Å². The van der Waals surface area contributed by atoms with Crippen LogP contribution in [0.1, 0.15) is 24.3 Å². The summed E-state index contributed by atoms with van der Waals surface area (Å²) in [6.07, 6.45) is -0.105. The van der Waals surface area contributed by atoms with Crippen LogP contribution in [0.4, 0.5) is 5.82 Å². The second-order valence-corrected chi connectivity index (χ2v) is 8.33. The Hall–Kier alpha value is -1.88. The van der Waals surface area contributed by atoms with Gasteiger partial charge in [0.25, 0.3) is 5.78 Å². The lowest BCUT2D eigenvalue weighted by Crippen LogP contribution is -3.08. The van der Waals surface area contributed by atoms with Crippen LogP contribution in [0.5, 0.6) is 0 Å². The van der Waals surface area contributed by atoms with E-state index in [4.69, 9.17) is 4.98 Å². The molecule has 0 radical (unpaired) electrons. The Labute approximate surface area is 154 Å². The molecule has 0 fully saturated rings. The highest BCUT2D eigenvalue weighted by Crippen LogP contribution is 2.37. The molecule has 26 heavy (non-hydrogen) atoms. The Morgan fingerprint density at radius 1 is 1.27 bits per heavy atom. The van der Waals surface area contributed by atoms with Crippen molar-refractivity contribution in [2.24, 2.45) is 0 Å². The molecule has 0 aliphatic carbocycles. The maximum atomic E-state index is 9.97. The minimum absolute atomic E-state index is 0.389. The van der Waals surface area contributed by atoms with Crippen molar-refractivity contribution < 1.29 is 15.1 Å². The average molecular weight is 378 g/mol. The Morgan fingerprint density at radius 3 is 2.69 bits per heavy atom. The van der Waals surface area contributed by atoms with Gasteiger partial charge in [-0.05, 0) is 29.8 Å². The molecule has 3 aromatic rings. The number of nitrogens with zero attached hydrogens (tertiary/aromatic N) is 6. The lowest BCUT2D eigenvalue weighted by Gasteiger charge is -2.27. The van der Waals surface area contributed by atoms with Gasteiger partial charge < -0.3 is 20.0 Å². The van der Waals surface area contributed by atoms with Crippen molar-refractivity contribution in [3.05, 3.63) is 10.4 Å². The molecule has 3 N–H and O–H groups in total. The monoisotopic (exact) mass is 378 g/mol. The Balaban J connectivity index is 1.96. The highest BCUT2D eigenvalue weighted by Gasteiger charge is 2.28. The lowest BCUT2D eigenvalue weighted by atomic mass is 10.0. The van der Waals surface area contributed by atoms with Gasteiger partial charge in [-0.1, -0.05) is 5.10 Å². The first-order valence-corrected chi connectivity index (χ1v) is 9.70. The molecule has 1 aliphatic heterocycles. The van der Waals surface area contributed by atoms with E-state index in [1.54, 1.807) is 29.7 Å². The van der Waals surface area contributed by atoms with Gasteiger partial charge in [-0.2, -0.15) is 9.50 Å². The summed E-state index contributed by atoms with van der Waals surface area (Å²) in [6, 6.07) is 0. The van der Waals surface area contributed by atoms with Crippen molar-refractivity contribution in [1.29, 1.82) is 0 Å². The number of thiophene rings is 1. The van der Waals surface area contributed by atoms with Gasteiger partial charge in [0.2, 0.25) is 0 Å². The van der Waals surface area contributed by atoms with Gasteiger partial charge in [0.1, 0.15) is 17.2 Å². The molecule has 3 aromatic heterocycles. The number of fused-ring (bicyclic) bond motifs is 5. The van der Waals surface area contributed by atoms with Crippen LogP contribution in [0.25, 0.3) is 16.0 Å². The fourth-order valence-electron chi connectivity index (χ4n) is 3.63. The number of aliphatic hydroxyl groups is 2. The highest BCUT2D eigenvalue weighted by molar-refractivity contribution is 7.19. The number of rotatable bonds is 5. The molecule has 0 saturated heterocycles. The summed E-state index contributed by atoms with van der Waals surface area (Å²) >= 11 is 1.71. The Kier molecular flexibility index (Phi) is 4.51. The van der Waals surface area contributed by atoms with Gasteiger partial charge in [0.15, 0.2) is 0 Å². The third-order valence-electron chi connectivity index (χ3n) is 4.68. The summed E-state index contributed by atoms with van der Waals surface area (Å²) in [5, 5.41) is 32.9. The van der Waals surface area contributed by atoms with Gasteiger partial charge in [-0.3, -0.25) is 0 Å². The standard InChI is InChI=1S/C16H23N7O2S/c1-9(24)6-22(7-10(2)25)14-13-11-4-5-21(3)8-12(11)26-15(13)23-16(17-14)18-19-20-23/h9-10,24-25H,4-8H2,1-3H3/p+1/t9-,10+. The normalized spacial score (nSPS) is 19.7. The maximum Gasteiger partial charge on any atom is 0.276 e. The lowest BCUT2D eigenvalue weighted by molar-refractivity contribution is -0.895. The van der Waals surface area contributed by atoms with Crippen molar-refractivity contribution in [2.75, 3.05) is 31.6 Å². The van der Waals surface area contributed by atoms with E-state index in [0.29, 0.717) is 18.9 Å². The molecular weight excluding hydrogens is 354 g/mol. The van der Waals surface area contributed by atoms with Crippen LogP contribution in [0.15, 0.2) is 0 Å². The van der Waals surface area contributed by atoms with Crippen LogP contribution in [0.2, 0.25) is 0 Å². The number of hydrogen-bond acceptors (Lipinski definition) is 8. The summed E-state index contributed by atoms with van der Waals surface area (Å²) in [4.78, 5) is 10.5. The number of aromatic nitrogens is 5. The molecule has 0 aromatic carbocycles. The summed E-state index contributed by atoms with van der Waals surface area (Å²) in [5.74, 6) is 1.19. The number of likely N-dealkylation sites (N-methyl/N-ethyl adjacent to an activating group) is 1. The molecule has 3 atom stereocenters. The summed E-state index contributed by atoms with van der Waals surface area (Å²) in [5.41, 5.74) is 1.30. The molecule has 0 saturated carbocycles. The fraction of sp³-hybridized carbons (Fsp3) is 0.625. The van der Waals surface area contributed by atoms with E-state index in [0.717, 1.165) is 35.5 Å². The molecular formula is C16H24N7O2S+. The zero-order chi connectivity index (χ0) is 18.4. The average Bonchev–Trinajstić information content (AvgIpc) is 3.15. The molecule has 0 spiro atoms. The third-order valence-corrected chi connectivity index (χ3v) is 5.89. The minimum atomic E-state index is -0.539. The number of nitrogens with one attached hydrogen (secondary N) is 1. The van der Waals surface area contributed by atoms with E-state index in [1.165, 1.54) is 15.3 Å². The molecule has 10 heteroatoms. The van der Waals surface area contributed by atoms with E-state index in [9.17, 15) is 10.2 Å². The first kappa shape index (κ1) is 17.5. The van der Waals surface area contributed by atoms with Crippen molar-refractivity contribution in [2.45, 2.75) is 39.0 Å². The summed E-state index contributed by atoms with van der Waals surface area (Å²) in [6.45, 7) is 6.31. The van der Waals surface area contributed by atoms with Crippen molar-refractivity contribution in [3.8, 4) is 0 Å². The van der Waals surface area contributed by atoms with E-state index in [2.05, 4.69) is 22.6 Å². The summed E-state index contributed by atoms with van der Waals surface area (Å²) < 4.78 is 1.69. The third kappa shape index (κ3) is 3.02. The quantitative estimate of drug-likeness (QED) is 0.516. The van der Waals surface area contributed by atoms with Gasteiger partial charge in [0, 0.05) is 19.5 Å². The largest absolute Gasteiger partial charge is 0.392 e. The number of tetrazole rings is 1. The van der Waals surface area contributed by atoms with Gasteiger partial charge in [-0.25, -0.2) is 0 Å². The van der Waals surface area contributed by atoms with Crippen molar-refractivity contribution >= 4 is 33.1 Å². The van der Waals surface area contributed by atoms with Crippen LogP contribution < -0.4 is 9.80 Å². The molecule has 1 aliphatic rings. The molecule has 0 amide bonds. The number of quaternary nitrogens is 1. The topological polar surface area (TPSA) is 104 Å². The molecule has 9 nitrogen and oxygen atoms in total. The predicted octanol–water partition coefficient (Wildman–Crippen LogP) is -1.13. The van der Waals surface area contributed by atoms with Crippen molar-refractivity contribution in [1.82, 2.24) is 25.0 Å². The van der Waals surface area contributed by atoms with E-state index < -0.39 is 12.2 Å². The van der Waals surface area contributed by atoms with Crippen LogP contribution in [0, 0.1) is 0 Å². The Morgan fingerprint density at radius 2 is 2.00 bits per heavy atom. The van der Waals surface area contributed by atoms with Crippen LogP contribution in [0.3, 0.4) is 0 Å². The van der Waals surface area contributed by atoms with Gasteiger partial charge >= 0.3 is 0 Å². The fourth-order valence-corrected chi connectivity index (χ4v) is 5.03. The predicted molar refractivity (Wildman–Crippen MR) is 98.7 cm³/mol. The number of aliphatic hydroxyl groups excluding tert-OH is 2. The molecule has 4 heterocycles.